The van der Waals surface area contributed by atoms with E-state index in [0.717, 1.165) is 13.0 Å². The fourth-order valence-corrected chi connectivity index (χ4v) is 1.65. The minimum Gasteiger partial charge on any atom is -0.347 e. The van der Waals surface area contributed by atoms with E-state index < -0.39 is 0 Å². The quantitative estimate of drug-likeness (QED) is 0.644. The molecule has 1 nitrogen and oxygen atoms in total. The minimum atomic E-state index is 1.03. The lowest BCUT2D eigenvalue weighted by Gasteiger charge is -2.04. The zero-order chi connectivity index (χ0) is 9.97. The van der Waals surface area contributed by atoms with E-state index in [1.165, 1.54) is 16.5 Å². The molecule has 1 heterocycles. The van der Waals surface area contributed by atoms with Gasteiger partial charge in [0.15, 0.2) is 0 Å². The van der Waals surface area contributed by atoms with Crippen LogP contribution in [0.2, 0.25) is 0 Å². The van der Waals surface area contributed by atoms with Crippen LogP contribution in [0.1, 0.15) is 13.3 Å². The molecular formula is C13H15N. The molecule has 1 aromatic heterocycles. The Morgan fingerprint density at radius 2 is 2.07 bits per heavy atom. The standard InChI is InChI=1S/C13H15N/c1-11(2)7-9-14-10-8-12-5-3-4-6-13(12)14/h3-6,8,10H,1,7,9H2,2H3. The Bertz CT molecular complexity index is 451. The van der Waals surface area contributed by atoms with Crippen LogP contribution in [0.25, 0.3) is 10.9 Å². The highest BCUT2D eigenvalue weighted by atomic mass is 14.9. The topological polar surface area (TPSA) is 4.93 Å². The van der Waals surface area contributed by atoms with Gasteiger partial charge in [-0.15, -0.1) is 6.58 Å². The monoisotopic (exact) mass is 185 g/mol. The molecular weight excluding hydrogens is 170 g/mol. The fraction of sp³-hybridized carbons (Fsp3) is 0.231. The van der Waals surface area contributed by atoms with Crippen molar-refractivity contribution in [3.63, 3.8) is 0 Å². The molecule has 0 aliphatic heterocycles. The Labute approximate surface area is 84.7 Å². The molecule has 0 bridgehead atoms. The highest BCUT2D eigenvalue weighted by Crippen LogP contribution is 2.15. The number of rotatable bonds is 3. The summed E-state index contributed by atoms with van der Waals surface area (Å²) in [6.45, 7) is 7.03. The normalized spacial score (nSPS) is 10.6. The molecule has 0 saturated carbocycles. The molecule has 0 radical (unpaired) electrons. The van der Waals surface area contributed by atoms with Gasteiger partial charge in [-0.2, -0.15) is 0 Å². The van der Waals surface area contributed by atoms with E-state index in [-0.39, 0.29) is 0 Å². The largest absolute Gasteiger partial charge is 0.347 e. The second-order valence-electron chi connectivity index (χ2n) is 3.78. The maximum absolute atomic E-state index is 3.92. The second kappa shape index (κ2) is 3.70. The van der Waals surface area contributed by atoms with Gasteiger partial charge < -0.3 is 4.57 Å². The number of aryl methyl sites for hydroxylation is 1. The summed E-state index contributed by atoms with van der Waals surface area (Å²) >= 11 is 0. The smallest absolute Gasteiger partial charge is 0.0480 e. The molecule has 2 aromatic rings. The van der Waals surface area contributed by atoms with Gasteiger partial charge in [0.1, 0.15) is 0 Å². The van der Waals surface area contributed by atoms with Crippen LogP contribution in [0.15, 0.2) is 48.7 Å². The number of hydrogen-bond acceptors (Lipinski definition) is 0. The Hall–Kier alpha value is -1.50. The van der Waals surface area contributed by atoms with Crippen molar-refractivity contribution in [1.29, 1.82) is 0 Å². The molecule has 2 rings (SSSR count). The van der Waals surface area contributed by atoms with Gasteiger partial charge in [0.25, 0.3) is 0 Å². The van der Waals surface area contributed by atoms with Gasteiger partial charge in [-0.05, 0) is 30.9 Å². The van der Waals surface area contributed by atoms with Gasteiger partial charge in [0, 0.05) is 18.3 Å². The van der Waals surface area contributed by atoms with Crippen molar-refractivity contribution in [2.45, 2.75) is 19.9 Å². The molecule has 0 unspecified atom stereocenters. The molecule has 0 N–H and O–H groups in total. The van der Waals surface area contributed by atoms with Crippen LogP contribution < -0.4 is 0 Å². The van der Waals surface area contributed by atoms with Gasteiger partial charge >= 0.3 is 0 Å². The fourth-order valence-electron chi connectivity index (χ4n) is 1.65. The predicted molar refractivity (Wildman–Crippen MR) is 61.4 cm³/mol. The summed E-state index contributed by atoms with van der Waals surface area (Å²) in [6, 6.07) is 10.6. The van der Waals surface area contributed by atoms with Crippen LogP contribution in [-0.4, -0.2) is 4.57 Å². The molecule has 0 spiro atoms. The van der Waals surface area contributed by atoms with Crippen molar-refractivity contribution < 1.29 is 0 Å². The summed E-state index contributed by atoms with van der Waals surface area (Å²) in [5, 5.41) is 1.31. The lowest BCUT2D eigenvalue weighted by molar-refractivity contribution is 0.719. The minimum absolute atomic E-state index is 1.03. The molecule has 0 amide bonds. The molecule has 0 saturated heterocycles. The summed E-state index contributed by atoms with van der Waals surface area (Å²) < 4.78 is 2.28. The second-order valence-corrected chi connectivity index (χ2v) is 3.78. The van der Waals surface area contributed by atoms with Crippen molar-refractivity contribution in [2.24, 2.45) is 0 Å². The Kier molecular flexibility index (Phi) is 2.40. The summed E-state index contributed by atoms with van der Waals surface area (Å²) in [5.41, 5.74) is 2.55. The molecule has 1 heteroatoms. The Morgan fingerprint density at radius 3 is 2.86 bits per heavy atom. The molecule has 0 atom stereocenters. The third kappa shape index (κ3) is 1.72. The zero-order valence-corrected chi connectivity index (χ0v) is 8.53. The number of benzene rings is 1. The maximum atomic E-state index is 3.92. The van der Waals surface area contributed by atoms with E-state index in [9.17, 15) is 0 Å². The zero-order valence-electron chi connectivity index (χ0n) is 8.53. The van der Waals surface area contributed by atoms with E-state index in [2.05, 4.69) is 54.6 Å². The van der Waals surface area contributed by atoms with Gasteiger partial charge in [-0.25, -0.2) is 0 Å². The van der Waals surface area contributed by atoms with Crippen molar-refractivity contribution in [1.82, 2.24) is 4.57 Å². The van der Waals surface area contributed by atoms with Crippen LogP contribution in [0, 0.1) is 0 Å². The summed E-state index contributed by atoms with van der Waals surface area (Å²) in [6.07, 6.45) is 3.20. The number of hydrogen-bond donors (Lipinski definition) is 0. The first-order chi connectivity index (χ1) is 6.77. The maximum Gasteiger partial charge on any atom is 0.0480 e. The van der Waals surface area contributed by atoms with Crippen LogP contribution in [0.4, 0.5) is 0 Å². The molecule has 1 aromatic carbocycles. The highest BCUT2D eigenvalue weighted by Gasteiger charge is 1.98. The number of aromatic nitrogens is 1. The van der Waals surface area contributed by atoms with Crippen molar-refractivity contribution in [3.05, 3.63) is 48.7 Å². The van der Waals surface area contributed by atoms with E-state index >= 15 is 0 Å². The van der Waals surface area contributed by atoms with E-state index in [0.29, 0.717) is 0 Å². The molecule has 14 heavy (non-hydrogen) atoms. The van der Waals surface area contributed by atoms with Crippen LogP contribution in [0.5, 0.6) is 0 Å². The van der Waals surface area contributed by atoms with Gasteiger partial charge in [-0.3, -0.25) is 0 Å². The molecule has 0 aliphatic carbocycles. The van der Waals surface area contributed by atoms with Gasteiger partial charge in [0.05, 0.1) is 0 Å². The first-order valence-electron chi connectivity index (χ1n) is 4.95. The summed E-state index contributed by atoms with van der Waals surface area (Å²) in [7, 11) is 0. The Morgan fingerprint density at radius 1 is 1.29 bits per heavy atom. The number of allylic oxidation sites excluding steroid dienone is 1. The average molecular weight is 185 g/mol. The molecule has 0 fully saturated rings. The van der Waals surface area contributed by atoms with Crippen molar-refractivity contribution >= 4 is 10.9 Å². The SMILES string of the molecule is C=C(C)CCn1ccc2ccccc21. The van der Waals surface area contributed by atoms with E-state index in [4.69, 9.17) is 0 Å². The van der Waals surface area contributed by atoms with Gasteiger partial charge in [0.2, 0.25) is 0 Å². The Balaban J connectivity index is 2.29. The van der Waals surface area contributed by atoms with E-state index in [1.54, 1.807) is 0 Å². The molecule has 72 valence electrons. The van der Waals surface area contributed by atoms with Crippen molar-refractivity contribution in [3.8, 4) is 0 Å². The third-order valence-corrected chi connectivity index (χ3v) is 2.46. The lowest BCUT2D eigenvalue weighted by Crippen LogP contribution is -1.95. The highest BCUT2D eigenvalue weighted by molar-refractivity contribution is 5.79. The third-order valence-electron chi connectivity index (χ3n) is 2.46. The van der Waals surface area contributed by atoms with Crippen molar-refractivity contribution in [2.75, 3.05) is 0 Å². The molecule has 0 aliphatic rings. The lowest BCUT2D eigenvalue weighted by atomic mass is 10.2. The first-order valence-corrected chi connectivity index (χ1v) is 4.95. The first kappa shape index (κ1) is 9.07. The van der Waals surface area contributed by atoms with Crippen LogP contribution in [-0.2, 0) is 6.54 Å². The number of para-hydroxylation sites is 1. The van der Waals surface area contributed by atoms with Gasteiger partial charge in [-0.1, -0.05) is 23.8 Å². The number of nitrogens with zero attached hydrogens (tertiary/aromatic N) is 1. The van der Waals surface area contributed by atoms with Crippen LogP contribution in [0.3, 0.4) is 0 Å². The van der Waals surface area contributed by atoms with Crippen LogP contribution >= 0.6 is 0 Å². The summed E-state index contributed by atoms with van der Waals surface area (Å²) in [4.78, 5) is 0. The average Bonchev–Trinajstić information content (AvgIpc) is 2.58. The van der Waals surface area contributed by atoms with E-state index in [1.807, 2.05) is 0 Å². The predicted octanol–water partition coefficient (Wildman–Crippen LogP) is 3.61. The number of fused-ring (bicyclic) bond motifs is 1. The summed E-state index contributed by atoms with van der Waals surface area (Å²) in [5.74, 6) is 0.